The molecule has 0 saturated carbocycles. The number of alkyl halides is 2. The van der Waals surface area contributed by atoms with Crippen LogP contribution in [0.1, 0.15) is 19.3 Å². The third-order valence-corrected chi connectivity index (χ3v) is 6.80. The first-order valence-electron chi connectivity index (χ1n) is 11.0. The van der Waals surface area contributed by atoms with Gasteiger partial charge in [0.25, 0.3) is 5.92 Å². The molecule has 3 fully saturated rings. The second-order valence-corrected chi connectivity index (χ2v) is 9.10. The molecule has 1 spiro atoms. The number of nitrogens with zero attached hydrogens (tertiary/aromatic N) is 3. The number of anilines is 2. The lowest BCUT2D eigenvalue weighted by molar-refractivity contribution is 0.0109. The molecule has 3 aliphatic heterocycles. The number of halogens is 3. The summed E-state index contributed by atoms with van der Waals surface area (Å²) in [5.74, 6) is -3.03. The average molecular weight is 445 g/mol. The zero-order chi connectivity index (χ0) is 22.3. The van der Waals surface area contributed by atoms with Crippen molar-refractivity contribution in [2.24, 2.45) is 5.41 Å². The summed E-state index contributed by atoms with van der Waals surface area (Å²) in [6, 6.07) is 7.52. The Bertz CT molecular complexity index is 1020. The second-order valence-electron chi connectivity index (χ2n) is 9.10. The molecule has 3 aliphatic rings. The van der Waals surface area contributed by atoms with E-state index in [0.717, 1.165) is 25.9 Å². The highest BCUT2D eigenvalue weighted by Crippen LogP contribution is 2.42. The van der Waals surface area contributed by atoms with Crippen LogP contribution < -0.4 is 15.5 Å². The first-order valence-corrected chi connectivity index (χ1v) is 11.0. The number of likely N-dealkylation sites (tertiary alicyclic amines) is 1. The molecule has 2 aromatic rings. The molecule has 0 atom stereocenters. The van der Waals surface area contributed by atoms with Gasteiger partial charge in [0.05, 0.1) is 12.2 Å². The van der Waals surface area contributed by atoms with Gasteiger partial charge in [0, 0.05) is 48.8 Å². The van der Waals surface area contributed by atoms with E-state index in [2.05, 4.69) is 15.6 Å². The van der Waals surface area contributed by atoms with Crippen LogP contribution in [0.4, 0.5) is 29.5 Å². The van der Waals surface area contributed by atoms with Crippen molar-refractivity contribution in [3.05, 3.63) is 42.3 Å². The minimum Gasteiger partial charge on any atom is -0.349 e. The Morgan fingerprint density at radius 1 is 1.03 bits per heavy atom. The predicted molar refractivity (Wildman–Crippen MR) is 117 cm³/mol. The molecule has 5 rings (SSSR count). The SMILES string of the molecule is O=C(Nc1c(-c2ccccc2F)ccnc1N1CCC(F)(F)C1)N1CC2(CCNCC2)C1. The van der Waals surface area contributed by atoms with Gasteiger partial charge >= 0.3 is 6.03 Å². The van der Waals surface area contributed by atoms with Crippen LogP contribution in [0, 0.1) is 11.2 Å². The summed E-state index contributed by atoms with van der Waals surface area (Å²) in [4.78, 5) is 20.6. The Morgan fingerprint density at radius 3 is 2.47 bits per heavy atom. The molecule has 1 aromatic heterocycles. The normalized spacial score (nSPS) is 21.5. The van der Waals surface area contributed by atoms with E-state index in [-0.39, 0.29) is 41.5 Å². The molecule has 0 unspecified atom stereocenters. The molecular formula is C23H26F3N5O. The number of piperidine rings is 1. The van der Waals surface area contributed by atoms with E-state index in [4.69, 9.17) is 0 Å². The first-order chi connectivity index (χ1) is 15.4. The topological polar surface area (TPSA) is 60.5 Å². The lowest BCUT2D eigenvalue weighted by Crippen LogP contribution is -2.62. The van der Waals surface area contributed by atoms with E-state index in [0.29, 0.717) is 18.7 Å². The number of urea groups is 1. The van der Waals surface area contributed by atoms with Gasteiger partial charge < -0.3 is 20.4 Å². The minimum absolute atomic E-state index is 0.115. The molecule has 4 heterocycles. The maximum Gasteiger partial charge on any atom is 0.322 e. The average Bonchev–Trinajstić information content (AvgIpc) is 3.12. The summed E-state index contributed by atoms with van der Waals surface area (Å²) in [5, 5.41) is 6.23. The lowest BCUT2D eigenvalue weighted by atomic mass is 9.72. The van der Waals surface area contributed by atoms with Gasteiger partial charge in [-0.15, -0.1) is 0 Å². The Kier molecular flexibility index (Phi) is 5.23. The van der Waals surface area contributed by atoms with Gasteiger partial charge in [0.2, 0.25) is 0 Å². The van der Waals surface area contributed by atoms with Gasteiger partial charge in [-0.1, -0.05) is 18.2 Å². The van der Waals surface area contributed by atoms with Gasteiger partial charge in [-0.2, -0.15) is 0 Å². The summed E-state index contributed by atoms with van der Waals surface area (Å²) in [6.45, 7) is 2.85. The summed E-state index contributed by atoms with van der Waals surface area (Å²) in [6.07, 6.45) is 3.24. The molecular weight excluding hydrogens is 419 g/mol. The second kappa shape index (κ2) is 7.95. The van der Waals surface area contributed by atoms with E-state index in [1.165, 1.54) is 17.2 Å². The molecule has 1 aromatic carbocycles. The minimum atomic E-state index is -2.82. The number of benzene rings is 1. The molecule has 32 heavy (non-hydrogen) atoms. The van der Waals surface area contributed by atoms with Crippen molar-refractivity contribution >= 4 is 17.5 Å². The first kappa shape index (κ1) is 21.1. The summed E-state index contributed by atoms with van der Waals surface area (Å²) in [5.41, 5.74) is 1.14. The van der Waals surface area contributed by atoms with E-state index in [9.17, 15) is 18.0 Å². The molecule has 6 nitrogen and oxygen atoms in total. The van der Waals surface area contributed by atoms with Crippen molar-refractivity contribution < 1.29 is 18.0 Å². The van der Waals surface area contributed by atoms with Crippen LogP contribution in [-0.2, 0) is 0 Å². The molecule has 0 bridgehead atoms. The van der Waals surface area contributed by atoms with Crippen LogP contribution >= 0.6 is 0 Å². The summed E-state index contributed by atoms with van der Waals surface area (Å²) >= 11 is 0. The van der Waals surface area contributed by atoms with Crippen molar-refractivity contribution in [3.8, 4) is 11.1 Å². The van der Waals surface area contributed by atoms with Crippen molar-refractivity contribution in [2.45, 2.75) is 25.2 Å². The number of carbonyl (C=O) groups excluding carboxylic acids is 1. The number of nitrogens with one attached hydrogen (secondary N) is 2. The van der Waals surface area contributed by atoms with Gasteiger partial charge in [-0.05, 0) is 38.1 Å². The Hall–Kier alpha value is -2.81. The maximum atomic E-state index is 14.6. The molecule has 3 saturated heterocycles. The Balaban J connectivity index is 1.45. The fourth-order valence-corrected chi connectivity index (χ4v) is 5.00. The monoisotopic (exact) mass is 445 g/mol. The third kappa shape index (κ3) is 3.90. The number of hydrogen-bond acceptors (Lipinski definition) is 4. The fraction of sp³-hybridized carbons (Fsp3) is 0.478. The highest BCUT2D eigenvalue weighted by molar-refractivity contribution is 5.99. The number of amides is 2. The molecule has 9 heteroatoms. The molecule has 2 amide bonds. The quantitative estimate of drug-likeness (QED) is 0.751. The van der Waals surface area contributed by atoms with Gasteiger partial charge in [0.15, 0.2) is 5.82 Å². The summed E-state index contributed by atoms with van der Waals surface area (Å²) < 4.78 is 42.5. The molecule has 170 valence electrons. The van der Waals surface area contributed by atoms with E-state index in [1.54, 1.807) is 29.2 Å². The zero-order valence-electron chi connectivity index (χ0n) is 17.7. The highest BCUT2D eigenvalue weighted by atomic mass is 19.3. The van der Waals surface area contributed by atoms with Crippen LogP contribution in [0.25, 0.3) is 11.1 Å². The van der Waals surface area contributed by atoms with Crippen LogP contribution in [0.5, 0.6) is 0 Å². The van der Waals surface area contributed by atoms with Gasteiger partial charge in [-0.3, -0.25) is 0 Å². The number of pyridine rings is 1. The largest absolute Gasteiger partial charge is 0.349 e. The van der Waals surface area contributed by atoms with Gasteiger partial charge in [-0.25, -0.2) is 22.9 Å². The van der Waals surface area contributed by atoms with Gasteiger partial charge in [0.1, 0.15) is 5.82 Å². The third-order valence-electron chi connectivity index (χ3n) is 6.80. The van der Waals surface area contributed by atoms with Crippen LogP contribution in [-0.4, -0.2) is 61.1 Å². The zero-order valence-corrected chi connectivity index (χ0v) is 17.7. The fourth-order valence-electron chi connectivity index (χ4n) is 5.00. The number of hydrogen-bond donors (Lipinski definition) is 2. The molecule has 2 N–H and O–H groups in total. The smallest absolute Gasteiger partial charge is 0.322 e. The van der Waals surface area contributed by atoms with Crippen molar-refractivity contribution in [1.29, 1.82) is 0 Å². The van der Waals surface area contributed by atoms with Crippen molar-refractivity contribution in [2.75, 3.05) is 49.5 Å². The Morgan fingerprint density at radius 2 is 1.78 bits per heavy atom. The molecule has 0 aliphatic carbocycles. The predicted octanol–water partition coefficient (Wildman–Crippen LogP) is 3.95. The van der Waals surface area contributed by atoms with Crippen molar-refractivity contribution in [3.63, 3.8) is 0 Å². The summed E-state index contributed by atoms with van der Waals surface area (Å²) in [7, 11) is 0. The van der Waals surface area contributed by atoms with Crippen LogP contribution in [0.2, 0.25) is 0 Å². The Labute approximate surface area is 184 Å². The number of carbonyl (C=O) groups is 1. The van der Waals surface area contributed by atoms with Crippen LogP contribution in [0.15, 0.2) is 36.5 Å². The van der Waals surface area contributed by atoms with E-state index < -0.39 is 18.3 Å². The van der Waals surface area contributed by atoms with E-state index >= 15 is 0 Å². The number of rotatable bonds is 3. The highest BCUT2D eigenvalue weighted by Gasteiger charge is 2.46. The number of aromatic nitrogens is 1. The van der Waals surface area contributed by atoms with E-state index in [1.807, 2.05) is 0 Å². The van der Waals surface area contributed by atoms with Crippen LogP contribution in [0.3, 0.4) is 0 Å². The molecule has 0 radical (unpaired) electrons. The lowest BCUT2D eigenvalue weighted by Gasteiger charge is -2.52. The standard InChI is InChI=1S/C23H26F3N5O/c24-18-4-2-1-3-16(18)17-5-9-28-20(30-12-8-23(25,26)15-30)19(17)29-21(32)31-13-22(14-31)6-10-27-11-7-22/h1-5,9,27H,6-8,10-15H2,(H,29,32). The van der Waals surface area contributed by atoms with Crippen molar-refractivity contribution in [1.82, 2.24) is 15.2 Å². The maximum absolute atomic E-state index is 14.6.